The summed E-state index contributed by atoms with van der Waals surface area (Å²) in [6.07, 6.45) is 3.55. The minimum absolute atomic E-state index is 0.271. The van der Waals surface area contributed by atoms with Crippen molar-refractivity contribution >= 4 is 5.82 Å². The highest BCUT2D eigenvalue weighted by molar-refractivity contribution is 5.42. The molecule has 0 saturated heterocycles. The highest BCUT2D eigenvalue weighted by Gasteiger charge is 2.06. The van der Waals surface area contributed by atoms with Gasteiger partial charge < -0.3 is 5.32 Å². The number of hydrogen-bond donors (Lipinski definition) is 1. The maximum atomic E-state index is 13.3. The molecule has 3 rings (SSSR count). The van der Waals surface area contributed by atoms with E-state index in [-0.39, 0.29) is 5.82 Å². The third-order valence-corrected chi connectivity index (χ3v) is 3.14. The molecule has 0 amide bonds. The zero-order valence-electron chi connectivity index (χ0n) is 11.6. The van der Waals surface area contributed by atoms with Gasteiger partial charge in [0.1, 0.15) is 11.6 Å². The van der Waals surface area contributed by atoms with Gasteiger partial charge >= 0.3 is 0 Å². The summed E-state index contributed by atoms with van der Waals surface area (Å²) in [6, 6.07) is 12.2. The van der Waals surface area contributed by atoms with Crippen molar-refractivity contribution in [3.8, 4) is 5.69 Å². The molecule has 0 radical (unpaired) electrons. The fourth-order valence-electron chi connectivity index (χ4n) is 2.13. The van der Waals surface area contributed by atoms with Gasteiger partial charge in [0.2, 0.25) is 0 Å². The van der Waals surface area contributed by atoms with Crippen LogP contribution >= 0.6 is 0 Å². The van der Waals surface area contributed by atoms with Crippen LogP contribution in [0.1, 0.15) is 11.3 Å². The van der Waals surface area contributed by atoms with Crippen LogP contribution in [0, 0.1) is 12.7 Å². The number of nitrogens with one attached hydrogen (secondary N) is 1. The lowest BCUT2D eigenvalue weighted by Gasteiger charge is -2.04. The summed E-state index contributed by atoms with van der Waals surface area (Å²) in [5, 5.41) is 7.70. The van der Waals surface area contributed by atoms with E-state index in [9.17, 15) is 4.39 Å². The van der Waals surface area contributed by atoms with Crippen molar-refractivity contribution in [2.75, 3.05) is 5.32 Å². The number of hydrogen-bond acceptors (Lipinski definition) is 3. The highest BCUT2D eigenvalue weighted by Crippen LogP contribution is 2.16. The molecule has 0 spiro atoms. The molecule has 1 aromatic carbocycles. The topological polar surface area (TPSA) is 42.7 Å². The number of nitrogens with zero attached hydrogens (tertiary/aromatic N) is 3. The normalized spacial score (nSPS) is 10.6. The molecular formula is C16H15FN4. The van der Waals surface area contributed by atoms with Crippen LogP contribution in [0.3, 0.4) is 0 Å². The van der Waals surface area contributed by atoms with Gasteiger partial charge in [0.25, 0.3) is 0 Å². The third kappa shape index (κ3) is 3.08. The van der Waals surface area contributed by atoms with Crippen LogP contribution in [0.15, 0.2) is 54.9 Å². The van der Waals surface area contributed by atoms with Crippen LogP contribution in [0.2, 0.25) is 0 Å². The summed E-state index contributed by atoms with van der Waals surface area (Å²) < 4.78 is 15.0. The van der Waals surface area contributed by atoms with Gasteiger partial charge in [0, 0.05) is 30.7 Å². The first kappa shape index (κ1) is 13.3. The van der Waals surface area contributed by atoms with Crippen LogP contribution in [0.5, 0.6) is 0 Å². The average molecular weight is 282 g/mol. The summed E-state index contributed by atoms with van der Waals surface area (Å²) in [7, 11) is 0. The van der Waals surface area contributed by atoms with Crippen LogP contribution in [0.4, 0.5) is 10.2 Å². The lowest BCUT2D eigenvalue weighted by Crippen LogP contribution is -2.02. The third-order valence-electron chi connectivity index (χ3n) is 3.14. The predicted octanol–water partition coefficient (Wildman–Crippen LogP) is 3.33. The molecule has 106 valence electrons. The van der Waals surface area contributed by atoms with E-state index in [1.807, 2.05) is 37.4 Å². The van der Waals surface area contributed by atoms with Crippen molar-refractivity contribution in [3.05, 3.63) is 71.9 Å². The average Bonchev–Trinajstić information content (AvgIpc) is 2.87. The summed E-state index contributed by atoms with van der Waals surface area (Å²) in [5.41, 5.74) is 2.73. The highest BCUT2D eigenvalue weighted by atomic mass is 19.1. The smallest absolute Gasteiger partial charge is 0.148 e. The maximum absolute atomic E-state index is 13.3. The van der Waals surface area contributed by atoms with Gasteiger partial charge in [-0.25, -0.2) is 9.07 Å². The van der Waals surface area contributed by atoms with E-state index in [0.29, 0.717) is 12.2 Å². The summed E-state index contributed by atoms with van der Waals surface area (Å²) in [5.74, 6) is 0.480. The first-order chi connectivity index (χ1) is 10.2. The number of anilines is 1. The minimum Gasteiger partial charge on any atom is -0.364 e. The molecule has 0 atom stereocenters. The molecule has 1 N–H and O–H groups in total. The molecule has 0 aliphatic heterocycles. The molecule has 0 aliphatic rings. The fourth-order valence-corrected chi connectivity index (χ4v) is 2.13. The lowest BCUT2D eigenvalue weighted by molar-refractivity contribution is 0.625. The van der Waals surface area contributed by atoms with Gasteiger partial charge in [-0.2, -0.15) is 5.10 Å². The fraction of sp³-hybridized carbons (Fsp3) is 0.125. The van der Waals surface area contributed by atoms with Gasteiger partial charge in [-0.05, 0) is 36.8 Å². The number of aromatic nitrogens is 3. The Labute approximate surface area is 122 Å². The first-order valence-corrected chi connectivity index (χ1v) is 6.68. The minimum atomic E-state index is -0.271. The molecule has 5 heteroatoms. The van der Waals surface area contributed by atoms with Crippen molar-refractivity contribution in [1.82, 2.24) is 14.8 Å². The van der Waals surface area contributed by atoms with E-state index >= 15 is 0 Å². The zero-order chi connectivity index (χ0) is 14.7. The van der Waals surface area contributed by atoms with Crippen LogP contribution in [-0.2, 0) is 6.54 Å². The SMILES string of the molecule is Cc1cc(NCc2cccnc2)nn1-c1cccc(F)c1. The Kier molecular flexibility index (Phi) is 3.64. The largest absolute Gasteiger partial charge is 0.364 e. The molecule has 0 fully saturated rings. The Bertz CT molecular complexity index is 737. The van der Waals surface area contributed by atoms with Gasteiger partial charge in [-0.15, -0.1) is 0 Å². The lowest BCUT2D eigenvalue weighted by atomic mass is 10.3. The number of rotatable bonds is 4. The standard InChI is InChI=1S/C16H15FN4/c1-12-8-16(19-11-13-4-3-7-18-10-13)20-21(12)15-6-2-5-14(17)9-15/h2-10H,11H2,1H3,(H,19,20). The van der Waals surface area contributed by atoms with E-state index in [2.05, 4.69) is 15.4 Å². The number of benzene rings is 1. The van der Waals surface area contributed by atoms with Crippen molar-refractivity contribution in [3.63, 3.8) is 0 Å². The molecular weight excluding hydrogens is 267 g/mol. The number of aryl methyl sites for hydroxylation is 1. The van der Waals surface area contributed by atoms with Crippen molar-refractivity contribution in [2.24, 2.45) is 0 Å². The Morgan fingerprint density at radius 2 is 2.10 bits per heavy atom. The van der Waals surface area contributed by atoms with Crippen LogP contribution < -0.4 is 5.32 Å². The van der Waals surface area contributed by atoms with Crippen LogP contribution in [-0.4, -0.2) is 14.8 Å². The number of halogens is 1. The molecule has 2 heterocycles. The second-order valence-corrected chi connectivity index (χ2v) is 4.78. The Morgan fingerprint density at radius 1 is 1.19 bits per heavy atom. The molecule has 3 aromatic rings. The number of pyridine rings is 1. The molecule has 21 heavy (non-hydrogen) atoms. The predicted molar refractivity (Wildman–Crippen MR) is 79.8 cm³/mol. The van der Waals surface area contributed by atoms with Crippen molar-refractivity contribution in [2.45, 2.75) is 13.5 Å². The Morgan fingerprint density at radius 3 is 2.86 bits per heavy atom. The summed E-state index contributed by atoms with van der Waals surface area (Å²) in [4.78, 5) is 4.07. The maximum Gasteiger partial charge on any atom is 0.148 e. The molecule has 0 bridgehead atoms. The van der Waals surface area contributed by atoms with Gasteiger partial charge in [0.15, 0.2) is 0 Å². The van der Waals surface area contributed by atoms with Crippen LogP contribution in [0.25, 0.3) is 5.69 Å². The van der Waals surface area contributed by atoms with E-state index in [4.69, 9.17) is 0 Å². The molecule has 2 aromatic heterocycles. The van der Waals surface area contributed by atoms with E-state index in [1.165, 1.54) is 12.1 Å². The molecule has 0 saturated carbocycles. The van der Waals surface area contributed by atoms with Gasteiger partial charge in [0.05, 0.1) is 5.69 Å². The van der Waals surface area contributed by atoms with Gasteiger partial charge in [-0.1, -0.05) is 12.1 Å². The quantitative estimate of drug-likeness (QED) is 0.798. The second-order valence-electron chi connectivity index (χ2n) is 4.78. The Balaban J connectivity index is 1.78. The van der Waals surface area contributed by atoms with Gasteiger partial charge in [-0.3, -0.25) is 4.98 Å². The second kappa shape index (κ2) is 5.75. The first-order valence-electron chi connectivity index (χ1n) is 6.68. The molecule has 0 unspecified atom stereocenters. The zero-order valence-corrected chi connectivity index (χ0v) is 11.6. The summed E-state index contributed by atoms with van der Waals surface area (Å²) >= 11 is 0. The van der Waals surface area contributed by atoms with Crippen molar-refractivity contribution < 1.29 is 4.39 Å². The van der Waals surface area contributed by atoms with E-state index < -0.39 is 0 Å². The molecule has 0 aliphatic carbocycles. The van der Waals surface area contributed by atoms with E-state index in [0.717, 1.165) is 17.1 Å². The van der Waals surface area contributed by atoms with E-state index in [1.54, 1.807) is 16.9 Å². The molecule has 4 nitrogen and oxygen atoms in total. The van der Waals surface area contributed by atoms with Crippen molar-refractivity contribution in [1.29, 1.82) is 0 Å². The summed E-state index contributed by atoms with van der Waals surface area (Å²) in [6.45, 7) is 2.58. The monoisotopic (exact) mass is 282 g/mol. The Hall–Kier alpha value is -2.69.